The first-order valence-electron chi connectivity index (χ1n) is 8.10. The standard InChI is InChI=1S/C16H25FO8/c1-5-6-7-21-8-13-14(22-10(2)18)16(9-17,25-12(4)20)15(24-13)23-11(3)19/h13-15H,5-9H2,1-4H3/t13-,14?,15?,16?/m1/s1. The van der Waals surface area contributed by atoms with Crippen LogP contribution >= 0.6 is 0 Å². The minimum absolute atomic E-state index is 0.0429. The fourth-order valence-electron chi connectivity index (χ4n) is 2.54. The van der Waals surface area contributed by atoms with Gasteiger partial charge >= 0.3 is 17.9 Å². The van der Waals surface area contributed by atoms with Crippen molar-refractivity contribution in [2.45, 2.75) is 64.6 Å². The van der Waals surface area contributed by atoms with Crippen molar-refractivity contribution in [2.75, 3.05) is 19.9 Å². The summed E-state index contributed by atoms with van der Waals surface area (Å²) >= 11 is 0. The summed E-state index contributed by atoms with van der Waals surface area (Å²) in [5.74, 6) is -2.31. The van der Waals surface area contributed by atoms with Gasteiger partial charge in [0.05, 0.1) is 6.61 Å². The van der Waals surface area contributed by atoms with E-state index in [1.54, 1.807) is 0 Å². The zero-order valence-electron chi connectivity index (χ0n) is 14.9. The van der Waals surface area contributed by atoms with Crippen LogP contribution in [0, 0.1) is 0 Å². The number of carbonyl (C=O) groups is 3. The van der Waals surface area contributed by atoms with Crippen molar-refractivity contribution < 1.29 is 42.5 Å². The van der Waals surface area contributed by atoms with Crippen LogP contribution in [0.1, 0.15) is 40.5 Å². The molecule has 1 saturated heterocycles. The Hall–Kier alpha value is -1.74. The monoisotopic (exact) mass is 364 g/mol. The fourth-order valence-corrected chi connectivity index (χ4v) is 2.54. The second-order valence-corrected chi connectivity index (χ2v) is 5.76. The molecule has 3 unspecified atom stereocenters. The lowest BCUT2D eigenvalue weighted by Crippen LogP contribution is -2.56. The summed E-state index contributed by atoms with van der Waals surface area (Å²) < 4.78 is 40.1. The van der Waals surface area contributed by atoms with Gasteiger partial charge in [-0.1, -0.05) is 13.3 Å². The summed E-state index contributed by atoms with van der Waals surface area (Å²) in [6.45, 7) is 4.40. The molecular weight excluding hydrogens is 339 g/mol. The Kier molecular flexibility index (Phi) is 8.24. The second kappa shape index (κ2) is 9.67. The molecule has 0 aromatic heterocycles. The Morgan fingerprint density at radius 2 is 1.72 bits per heavy atom. The van der Waals surface area contributed by atoms with Gasteiger partial charge in [-0.15, -0.1) is 0 Å². The van der Waals surface area contributed by atoms with Crippen molar-refractivity contribution in [1.29, 1.82) is 0 Å². The molecule has 0 spiro atoms. The van der Waals surface area contributed by atoms with Gasteiger partial charge in [0.15, 0.2) is 6.10 Å². The van der Waals surface area contributed by atoms with E-state index in [2.05, 4.69) is 0 Å². The highest BCUT2D eigenvalue weighted by Crippen LogP contribution is 2.38. The van der Waals surface area contributed by atoms with Crippen molar-refractivity contribution in [3.8, 4) is 0 Å². The average molecular weight is 364 g/mol. The van der Waals surface area contributed by atoms with Gasteiger partial charge in [-0.25, -0.2) is 4.39 Å². The smallest absolute Gasteiger partial charge is 0.305 e. The summed E-state index contributed by atoms with van der Waals surface area (Å²) in [6.07, 6.45) is -2.11. The van der Waals surface area contributed by atoms with Gasteiger partial charge < -0.3 is 23.7 Å². The molecule has 1 rings (SSSR count). The Morgan fingerprint density at radius 3 is 2.20 bits per heavy atom. The van der Waals surface area contributed by atoms with Gasteiger partial charge in [0.2, 0.25) is 11.9 Å². The van der Waals surface area contributed by atoms with E-state index < -0.39 is 48.7 Å². The number of hydrogen-bond acceptors (Lipinski definition) is 8. The number of carbonyl (C=O) groups excluding carboxylic acids is 3. The first-order chi connectivity index (χ1) is 11.8. The molecule has 0 radical (unpaired) electrons. The zero-order chi connectivity index (χ0) is 19.0. The number of hydrogen-bond donors (Lipinski definition) is 0. The summed E-state index contributed by atoms with van der Waals surface area (Å²) in [5.41, 5.74) is -2.08. The molecule has 0 amide bonds. The molecule has 9 heteroatoms. The van der Waals surface area contributed by atoms with Crippen LogP contribution in [-0.4, -0.2) is 61.9 Å². The van der Waals surface area contributed by atoms with Crippen molar-refractivity contribution >= 4 is 17.9 Å². The van der Waals surface area contributed by atoms with Crippen LogP contribution in [0.4, 0.5) is 4.39 Å². The maximum Gasteiger partial charge on any atom is 0.305 e. The van der Waals surface area contributed by atoms with Gasteiger partial charge in [0, 0.05) is 27.4 Å². The quantitative estimate of drug-likeness (QED) is 0.343. The molecule has 0 bridgehead atoms. The summed E-state index contributed by atoms with van der Waals surface area (Å²) in [5, 5.41) is 0. The third kappa shape index (κ3) is 5.64. The molecule has 0 aromatic carbocycles. The zero-order valence-corrected chi connectivity index (χ0v) is 14.9. The van der Waals surface area contributed by atoms with E-state index in [4.69, 9.17) is 23.7 Å². The van der Waals surface area contributed by atoms with Crippen LogP contribution < -0.4 is 0 Å². The van der Waals surface area contributed by atoms with E-state index in [0.29, 0.717) is 6.61 Å². The van der Waals surface area contributed by atoms with Crippen molar-refractivity contribution in [2.24, 2.45) is 0 Å². The molecule has 1 aliphatic heterocycles. The molecular formula is C16H25FO8. The molecule has 144 valence electrons. The number of rotatable bonds is 9. The molecule has 0 aliphatic carbocycles. The molecule has 0 N–H and O–H groups in total. The van der Waals surface area contributed by atoms with E-state index in [-0.39, 0.29) is 6.61 Å². The van der Waals surface area contributed by atoms with Gasteiger partial charge in [0.25, 0.3) is 0 Å². The lowest BCUT2D eigenvalue weighted by Gasteiger charge is -2.33. The maximum atomic E-state index is 14.0. The molecule has 8 nitrogen and oxygen atoms in total. The number of esters is 3. The molecule has 1 heterocycles. The molecule has 0 aromatic rings. The third-order valence-corrected chi connectivity index (χ3v) is 3.55. The van der Waals surface area contributed by atoms with Gasteiger partial charge in [-0.3, -0.25) is 14.4 Å². The van der Waals surface area contributed by atoms with E-state index in [1.807, 2.05) is 6.92 Å². The normalized spacial score (nSPS) is 28.4. The summed E-state index contributed by atoms with van der Waals surface area (Å²) in [6, 6.07) is 0. The lowest BCUT2D eigenvalue weighted by atomic mass is 9.95. The highest BCUT2D eigenvalue weighted by molar-refractivity contribution is 5.69. The topological polar surface area (TPSA) is 97.4 Å². The number of unbranched alkanes of at least 4 members (excludes halogenated alkanes) is 1. The fraction of sp³-hybridized carbons (Fsp3) is 0.812. The minimum atomic E-state index is -2.08. The van der Waals surface area contributed by atoms with Crippen molar-refractivity contribution in [3.05, 3.63) is 0 Å². The molecule has 4 atom stereocenters. The summed E-state index contributed by atoms with van der Waals surface area (Å²) in [4.78, 5) is 34.2. The number of ether oxygens (including phenoxy) is 5. The number of alkyl halides is 1. The SMILES string of the molecule is CCCCOC[C@H]1OC(OC(C)=O)C(CF)(OC(C)=O)C1OC(C)=O. The van der Waals surface area contributed by atoms with E-state index in [0.717, 1.165) is 33.6 Å². The van der Waals surface area contributed by atoms with Gasteiger partial charge in [-0.2, -0.15) is 0 Å². The first kappa shape index (κ1) is 21.3. The lowest BCUT2D eigenvalue weighted by molar-refractivity contribution is -0.227. The average Bonchev–Trinajstić information content (AvgIpc) is 2.76. The van der Waals surface area contributed by atoms with Crippen LogP contribution in [0.25, 0.3) is 0 Å². The molecule has 0 saturated carbocycles. The highest BCUT2D eigenvalue weighted by atomic mass is 19.1. The first-order valence-corrected chi connectivity index (χ1v) is 8.10. The largest absolute Gasteiger partial charge is 0.455 e. The van der Waals surface area contributed by atoms with Gasteiger partial charge in [-0.05, 0) is 6.42 Å². The Bertz CT molecular complexity index is 483. The van der Waals surface area contributed by atoms with Crippen LogP contribution in [0.15, 0.2) is 0 Å². The van der Waals surface area contributed by atoms with Crippen LogP contribution in [0.5, 0.6) is 0 Å². The predicted molar refractivity (Wildman–Crippen MR) is 82.2 cm³/mol. The highest BCUT2D eigenvalue weighted by Gasteiger charge is 2.64. The van der Waals surface area contributed by atoms with Crippen molar-refractivity contribution in [3.63, 3.8) is 0 Å². The Labute approximate surface area is 145 Å². The van der Waals surface area contributed by atoms with Gasteiger partial charge in [0.1, 0.15) is 12.8 Å². The Balaban J connectivity index is 3.09. The molecule has 25 heavy (non-hydrogen) atoms. The minimum Gasteiger partial charge on any atom is -0.455 e. The van der Waals surface area contributed by atoms with Crippen molar-refractivity contribution in [1.82, 2.24) is 0 Å². The van der Waals surface area contributed by atoms with E-state index >= 15 is 0 Å². The van der Waals surface area contributed by atoms with E-state index in [1.165, 1.54) is 0 Å². The number of halogens is 1. The van der Waals surface area contributed by atoms with E-state index in [9.17, 15) is 18.8 Å². The molecule has 1 fully saturated rings. The van der Waals surface area contributed by atoms with Crippen LogP contribution in [0.2, 0.25) is 0 Å². The maximum absolute atomic E-state index is 14.0. The molecule has 1 aliphatic rings. The predicted octanol–water partition coefficient (Wildman–Crippen LogP) is 1.29. The van der Waals surface area contributed by atoms with Crippen LogP contribution in [-0.2, 0) is 38.1 Å². The third-order valence-electron chi connectivity index (χ3n) is 3.55. The second-order valence-electron chi connectivity index (χ2n) is 5.76. The Morgan fingerprint density at radius 1 is 1.08 bits per heavy atom. The summed E-state index contributed by atoms with van der Waals surface area (Å²) in [7, 11) is 0. The van der Waals surface area contributed by atoms with Crippen LogP contribution in [0.3, 0.4) is 0 Å².